The van der Waals surface area contributed by atoms with Crippen LogP contribution in [-0.2, 0) is 0 Å². The fourth-order valence-corrected chi connectivity index (χ4v) is 4.76. The van der Waals surface area contributed by atoms with Gasteiger partial charge in [0.15, 0.2) is 5.41 Å². The Morgan fingerprint density at radius 1 is 1.34 bits per heavy atom. The average Bonchev–Trinajstić information content (AvgIpc) is 2.73. The van der Waals surface area contributed by atoms with Crippen LogP contribution in [0.4, 0.5) is 5.69 Å². The molecule has 3 rings (SSSR count). The maximum atomic E-state index is 11.3. The molecule has 0 aromatic heterocycles. The van der Waals surface area contributed by atoms with Crippen molar-refractivity contribution in [3.8, 4) is 18.2 Å². The Balaban J connectivity index is 2.37. The third-order valence-electron chi connectivity index (χ3n) is 6.08. The van der Waals surface area contributed by atoms with Crippen LogP contribution >= 0.6 is 11.6 Å². The summed E-state index contributed by atoms with van der Waals surface area (Å²) in [6.07, 6.45) is 4.24. The average molecular weight is 408 g/mol. The molecular formula is C21H18ClN5O2. The lowest BCUT2D eigenvalue weighted by Gasteiger charge is -2.45. The molecule has 0 heterocycles. The van der Waals surface area contributed by atoms with Gasteiger partial charge in [-0.05, 0) is 41.9 Å². The number of nitriles is 3. The zero-order valence-electron chi connectivity index (χ0n) is 15.7. The quantitative estimate of drug-likeness (QED) is 0.578. The first-order valence-electron chi connectivity index (χ1n) is 9.21. The normalized spacial score (nSPS) is 25.1. The van der Waals surface area contributed by atoms with E-state index in [9.17, 15) is 25.9 Å². The highest BCUT2D eigenvalue weighted by atomic mass is 35.5. The number of allylic oxidation sites excluding steroid dienone is 4. The summed E-state index contributed by atoms with van der Waals surface area (Å²) in [7, 11) is 0. The van der Waals surface area contributed by atoms with Crippen molar-refractivity contribution in [2.45, 2.75) is 32.1 Å². The second kappa shape index (κ2) is 7.59. The van der Waals surface area contributed by atoms with E-state index in [2.05, 4.69) is 13.0 Å². The standard InChI is InChI=1S/C21H18ClN5O2/c1-2-12-3-5-14-15(7-12)19(16-8-13(27(28)29)4-6-18(16)22)21(10-24,11-25)20(26)17(14)9-23/h4-6,8,12,15,19H,2-3,7,26H2,1H3. The van der Waals surface area contributed by atoms with Crippen molar-refractivity contribution < 1.29 is 4.92 Å². The minimum atomic E-state index is -1.85. The van der Waals surface area contributed by atoms with Crippen molar-refractivity contribution in [3.05, 3.63) is 61.8 Å². The van der Waals surface area contributed by atoms with E-state index in [4.69, 9.17) is 17.3 Å². The molecule has 29 heavy (non-hydrogen) atoms. The van der Waals surface area contributed by atoms with Gasteiger partial charge in [-0.25, -0.2) is 0 Å². The molecule has 7 nitrogen and oxygen atoms in total. The Kier molecular flexibility index (Phi) is 5.33. The van der Waals surface area contributed by atoms with E-state index in [-0.39, 0.29) is 27.9 Å². The first-order valence-corrected chi connectivity index (χ1v) is 9.59. The van der Waals surface area contributed by atoms with Crippen molar-refractivity contribution in [2.24, 2.45) is 23.0 Å². The topological polar surface area (TPSA) is 141 Å². The summed E-state index contributed by atoms with van der Waals surface area (Å²) < 4.78 is 0. The number of nitro benzene ring substituents is 1. The molecule has 0 amide bonds. The summed E-state index contributed by atoms with van der Waals surface area (Å²) in [6.45, 7) is 2.05. The van der Waals surface area contributed by atoms with Crippen LogP contribution in [0.1, 0.15) is 37.7 Å². The van der Waals surface area contributed by atoms with Gasteiger partial charge in [0.1, 0.15) is 6.07 Å². The van der Waals surface area contributed by atoms with Gasteiger partial charge < -0.3 is 5.73 Å². The summed E-state index contributed by atoms with van der Waals surface area (Å²) in [5.74, 6) is -0.880. The minimum Gasteiger partial charge on any atom is -0.399 e. The molecule has 0 bridgehead atoms. The number of benzene rings is 1. The number of rotatable bonds is 3. The van der Waals surface area contributed by atoms with Crippen LogP contribution in [-0.4, -0.2) is 4.92 Å². The van der Waals surface area contributed by atoms with Gasteiger partial charge in [0, 0.05) is 23.1 Å². The molecule has 3 unspecified atom stereocenters. The fourth-order valence-electron chi connectivity index (χ4n) is 4.53. The van der Waals surface area contributed by atoms with Gasteiger partial charge in [0.2, 0.25) is 0 Å². The number of non-ortho nitro benzene ring substituents is 1. The SMILES string of the molecule is CCC1CC=C2C(C#N)=C(N)C(C#N)(C#N)C(c3cc([N+](=O)[O-])ccc3Cl)C2C1. The molecule has 0 saturated carbocycles. The Morgan fingerprint density at radius 2 is 2.03 bits per heavy atom. The lowest BCUT2D eigenvalue weighted by Crippen LogP contribution is -2.43. The molecule has 2 aliphatic carbocycles. The van der Waals surface area contributed by atoms with Crippen LogP contribution in [0.2, 0.25) is 5.02 Å². The highest BCUT2D eigenvalue weighted by Gasteiger charge is 2.55. The maximum absolute atomic E-state index is 11.3. The molecule has 0 radical (unpaired) electrons. The largest absolute Gasteiger partial charge is 0.399 e. The van der Waals surface area contributed by atoms with E-state index in [0.717, 1.165) is 12.8 Å². The number of halogens is 1. The van der Waals surface area contributed by atoms with Crippen molar-refractivity contribution in [3.63, 3.8) is 0 Å². The molecule has 146 valence electrons. The van der Waals surface area contributed by atoms with Crippen molar-refractivity contribution in [1.29, 1.82) is 15.8 Å². The van der Waals surface area contributed by atoms with E-state index in [1.54, 1.807) is 0 Å². The van der Waals surface area contributed by atoms with Gasteiger partial charge >= 0.3 is 0 Å². The lowest BCUT2D eigenvalue weighted by molar-refractivity contribution is -0.384. The second-order valence-electron chi connectivity index (χ2n) is 7.38. The molecule has 1 aromatic carbocycles. The Labute approximate surface area is 173 Å². The van der Waals surface area contributed by atoms with Gasteiger partial charge in [-0.1, -0.05) is 31.0 Å². The molecule has 2 aliphatic rings. The van der Waals surface area contributed by atoms with Gasteiger partial charge in [-0.15, -0.1) is 0 Å². The Hall–Kier alpha value is -3.34. The summed E-state index contributed by atoms with van der Waals surface area (Å²) in [4.78, 5) is 10.8. The number of hydrogen-bond acceptors (Lipinski definition) is 6. The van der Waals surface area contributed by atoms with Crippen LogP contribution in [0.3, 0.4) is 0 Å². The summed E-state index contributed by atoms with van der Waals surface area (Å²) in [5, 5.41) is 41.4. The van der Waals surface area contributed by atoms with Gasteiger partial charge in [0.25, 0.3) is 5.69 Å². The highest BCUT2D eigenvalue weighted by molar-refractivity contribution is 6.31. The van der Waals surface area contributed by atoms with Crippen LogP contribution in [0, 0.1) is 61.4 Å². The zero-order valence-corrected chi connectivity index (χ0v) is 16.5. The number of hydrogen-bond donors (Lipinski definition) is 1. The third-order valence-corrected chi connectivity index (χ3v) is 6.42. The summed E-state index contributed by atoms with van der Waals surface area (Å²) in [6, 6.07) is 10.1. The smallest absolute Gasteiger partial charge is 0.269 e. The van der Waals surface area contributed by atoms with Gasteiger partial charge in [0.05, 0.1) is 28.3 Å². The fraction of sp³-hybridized carbons (Fsp3) is 0.381. The molecule has 3 atom stereocenters. The maximum Gasteiger partial charge on any atom is 0.269 e. The van der Waals surface area contributed by atoms with E-state index >= 15 is 0 Å². The zero-order chi connectivity index (χ0) is 21.3. The predicted molar refractivity (Wildman–Crippen MR) is 106 cm³/mol. The lowest BCUT2D eigenvalue weighted by atomic mass is 9.55. The molecule has 0 spiro atoms. The summed E-state index contributed by atoms with van der Waals surface area (Å²) >= 11 is 6.41. The molecule has 8 heteroatoms. The van der Waals surface area contributed by atoms with Crippen LogP contribution < -0.4 is 5.73 Å². The minimum absolute atomic E-state index is 0.116. The van der Waals surface area contributed by atoms with E-state index in [1.807, 2.05) is 18.2 Å². The van der Waals surface area contributed by atoms with Crippen LogP contribution in [0.15, 0.2) is 41.1 Å². The highest BCUT2D eigenvalue weighted by Crippen LogP contribution is 2.57. The number of fused-ring (bicyclic) bond motifs is 1. The number of nitro groups is 1. The van der Waals surface area contributed by atoms with E-state index in [0.29, 0.717) is 23.5 Å². The third kappa shape index (κ3) is 3.03. The van der Waals surface area contributed by atoms with Gasteiger partial charge in [-0.2, -0.15) is 15.8 Å². The first-order chi connectivity index (χ1) is 13.8. The Morgan fingerprint density at radius 3 is 2.59 bits per heavy atom. The van der Waals surface area contributed by atoms with Crippen LogP contribution in [0.25, 0.3) is 0 Å². The molecule has 2 N–H and O–H groups in total. The molecule has 1 aromatic rings. The molecule has 0 fully saturated rings. The second-order valence-corrected chi connectivity index (χ2v) is 7.79. The van der Waals surface area contributed by atoms with Crippen molar-refractivity contribution >= 4 is 17.3 Å². The summed E-state index contributed by atoms with van der Waals surface area (Å²) in [5.41, 5.74) is 5.27. The Bertz CT molecular complexity index is 1060. The van der Waals surface area contributed by atoms with Crippen molar-refractivity contribution in [2.75, 3.05) is 0 Å². The van der Waals surface area contributed by atoms with Crippen LogP contribution in [0.5, 0.6) is 0 Å². The molecule has 0 saturated heterocycles. The van der Waals surface area contributed by atoms with Crippen molar-refractivity contribution in [1.82, 2.24) is 0 Å². The monoisotopic (exact) mass is 407 g/mol. The van der Waals surface area contributed by atoms with Gasteiger partial charge in [-0.3, -0.25) is 10.1 Å². The molecular weight excluding hydrogens is 390 g/mol. The first kappa shape index (κ1) is 20.4. The van der Waals surface area contributed by atoms with E-state index < -0.39 is 16.3 Å². The number of nitrogens with zero attached hydrogens (tertiary/aromatic N) is 4. The van der Waals surface area contributed by atoms with E-state index in [1.165, 1.54) is 18.2 Å². The number of nitrogens with two attached hydrogens (primary N) is 1. The predicted octanol–water partition coefficient (Wildman–Crippen LogP) is 4.48. The molecule has 0 aliphatic heterocycles.